The van der Waals surface area contributed by atoms with E-state index in [-0.39, 0.29) is 11.2 Å². The molecule has 0 atom stereocenters. The molecule has 2 aliphatic rings. The minimum atomic E-state index is -3.10. The lowest BCUT2D eigenvalue weighted by molar-refractivity contribution is -0.139. The SMILES string of the molecule is O=C(NCc1cccs1)C(=O)NCC1CCN(S(=O)(=O)C2CC2)CC1. The number of rotatable bonds is 6. The standard InChI is InChI=1S/C16H23N3O4S2/c20-15(16(21)18-11-13-2-1-9-24-13)17-10-12-5-7-19(8-6-12)25(22,23)14-3-4-14/h1-2,9,12,14H,3-8,10-11H2,(H,17,20)(H,18,21). The van der Waals surface area contributed by atoms with Crippen molar-refractivity contribution in [1.82, 2.24) is 14.9 Å². The second kappa shape index (κ2) is 7.84. The summed E-state index contributed by atoms with van der Waals surface area (Å²) in [5.74, 6) is -1.06. The van der Waals surface area contributed by atoms with Gasteiger partial charge >= 0.3 is 11.8 Å². The van der Waals surface area contributed by atoms with Gasteiger partial charge in [0.15, 0.2) is 0 Å². The van der Waals surface area contributed by atoms with Crippen molar-refractivity contribution >= 4 is 33.2 Å². The maximum absolute atomic E-state index is 12.2. The van der Waals surface area contributed by atoms with Crippen LogP contribution in [0.25, 0.3) is 0 Å². The maximum Gasteiger partial charge on any atom is 0.309 e. The Morgan fingerprint density at radius 2 is 1.80 bits per heavy atom. The molecule has 3 rings (SSSR count). The van der Waals surface area contributed by atoms with E-state index in [1.54, 1.807) is 4.31 Å². The highest BCUT2D eigenvalue weighted by Gasteiger charge is 2.41. The van der Waals surface area contributed by atoms with E-state index in [9.17, 15) is 18.0 Å². The summed E-state index contributed by atoms with van der Waals surface area (Å²) in [6.45, 7) is 1.76. The van der Waals surface area contributed by atoms with Crippen molar-refractivity contribution in [2.75, 3.05) is 19.6 Å². The molecule has 0 radical (unpaired) electrons. The van der Waals surface area contributed by atoms with Gasteiger partial charge in [-0.15, -0.1) is 11.3 Å². The van der Waals surface area contributed by atoms with Gasteiger partial charge in [-0.3, -0.25) is 9.59 Å². The predicted molar refractivity (Wildman–Crippen MR) is 95.4 cm³/mol. The third-order valence-electron chi connectivity index (χ3n) is 4.64. The minimum absolute atomic E-state index is 0.171. The molecule has 0 unspecified atom stereocenters. The lowest BCUT2D eigenvalue weighted by Gasteiger charge is -2.31. The zero-order valence-electron chi connectivity index (χ0n) is 13.9. The minimum Gasteiger partial charge on any atom is -0.348 e. The average molecular weight is 386 g/mol. The number of piperidine rings is 1. The zero-order chi connectivity index (χ0) is 17.9. The van der Waals surface area contributed by atoms with Crippen LogP contribution >= 0.6 is 11.3 Å². The quantitative estimate of drug-likeness (QED) is 0.704. The Morgan fingerprint density at radius 3 is 2.40 bits per heavy atom. The van der Waals surface area contributed by atoms with Crippen molar-refractivity contribution < 1.29 is 18.0 Å². The molecule has 0 spiro atoms. The first kappa shape index (κ1) is 18.3. The highest BCUT2D eigenvalue weighted by atomic mass is 32.2. The molecular formula is C16H23N3O4S2. The largest absolute Gasteiger partial charge is 0.348 e. The summed E-state index contributed by atoms with van der Waals surface area (Å²) in [5.41, 5.74) is 0. The van der Waals surface area contributed by atoms with E-state index in [1.807, 2.05) is 17.5 Å². The van der Waals surface area contributed by atoms with Crippen molar-refractivity contribution in [3.05, 3.63) is 22.4 Å². The summed E-state index contributed by atoms with van der Waals surface area (Å²) in [6, 6.07) is 3.79. The van der Waals surface area contributed by atoms with Gasteiger partial charge in [0, 0.05) is 24.5 Å². The third kappa shape index (κ3) is 4.80. The van der Waals surface area contributed by atoms with Crippen LogP contribution in [-0.4, -0.2) is 49.4 Å². The maximum atomic E-state index is 12.2. The number of carbonyl (C=O) groups is 2. The Kier molecular flexibility index (Phi) is 5.75. The van der Waals surface area contributed by atoms with Crippen LogP contribution < -0.4 is 10.6 Å². The molecule has 138 valence electrons. The van der Waals surface area contributed by atoms with E-state index in [4.69, 9.17) is 0 Å². The molecular weight excluding hydrogens is 362 g/mol. The van der Waals surface area contributed by atoms with Crippen LogP contribution in [0.1, 0.15) is 30.6 Å². The van der Waals surface area contributed by atoms with Crippen LogP contribution in [0.3, 0.4) is 0 Å². The molecule has 2 fully saturated rings. The lowest BCUT2D eigenvalue weighted by atomic mass is 9.98. The first-order chi connectivity index (χ1) is 12.0. The number of carbonyl (C=O) groups excluding carboxylic acids is 2. The van der Waals surface area contributed by atoms with E-state index in [0.717, 1.165) is 17.7 Å². The van der Waals surface area contributed by atoms with Crippen molar-refractivity contribution in [2.45, 2.75) is 37.5 Å². The molecule has 7 nitrogen and oxygen atoms in total. The van der Waals surface area contributed by atoms with Crippen LogP contribution in [-0.2, 0) is 26.2 Å². The Balaban J connectivity index is 1.36. The Hall–Kier alpha value is -1.45. The molecule has 0 aromatic carbocycles. The molecule has 9 heteroatoms. The van der Waals surface area contributed by atoms with Gasteiger partial charge in [-0.1, -0.05) is 6.07 Å². The van der Waals surface area contributed by atoms with Crippen LogP contribution in [0, 0.1) is 5.92 Å². The fourth-order valence-electron chi connectivity index (χ4n) is 2.92. The summed E-state index contributed by atoms with van der Waals surface area (Å²) >= 11 is 1.52. The van der Waals surface area contributed by atoms with Gasteiger partial charge in [-0.05, 0) is 43.0 Å². The highest BCUT2D eigenvalue weighted by Crippen LogP contribution is 2.32. The first-order valence-electron chi connectivity index (χ1n) is 8.54. The van der Waals surface area contributed by atoms with Gasteiger partial charge in [-0.2, -0.15) is 0 Å². The lowest BCUT2D eigenvalue weighted by Crippen LogP contribution is -2.45. The number of hydrogen-bond donors (Lipinski definition) is 2. The van der Waals surface area contributed by atoms with Crippen LogP contribution in [0.4, 0.5) is 0 Å². The van der Waals surface area contributed by atoms with E-state index < -0.39 is 21.8 Å². The highest BCUT2D eigenvalue weighted by molar-refractivity contribution is 7.90. The van der Waals surface area contributed by atoms with E-state index in [0.29, 0.717) is 39.0 Å². The fraction of sp³-hybridized carbons (Fsp3) is 0.625. The summed E-state index contributed by atoms with van der Waals surface area (Å²) in [5, 5.41) is 6.99. The molecule has 2 N–H and O–H groups in total. The van der Waals surface area contributed by atoms with E-state index in [1.165, 1.54) is 11.3 Å². The molecule has 0 bridgehead atoms. The topological polar surface area (TPSA) is 95.6 Å². The molecule has 1 saturated carbocycles. The van der Waals surface area contributed by atoms with Gasteiger partial charge in [0.25, 0.3) is 0 Å². The van der Waals surface area contributed by atoms with Crippen LogP contribution in [0.5, 0.6) is 0 Å². The molecule has 1 aliphatic heterocycles. The second-order valence-electron chi connectivity index (χ2n) is 6.56. The molecule has 1 saturated heterocycles. The Morgan fingerprint density at radius 1 is 1.12 bits per heavy atom. The van der Waals surface area contributed by atoms with E-state index >= 15 is 0 Å². The number of nitrogens with one attached hydrogen (secondary N) is 2. The van der Waals surface area contributed by atoms with Gasteiger partial charge in [-0.25, -0.2) is 12.7 Å². The van der Waals surface area contributed by atoms with Crippen LogP contribution in [0.2, 0.25) is 0 Å². The van der Waals surface area contributed by atoms with Crippen molar-refractivity contribution in [1.29, 1.82) is 0 Å². The predicted octanol–water partition coefficient (Wildman–Crippen LogP) is 0.685. The molecule has 2 amide bonds. The number of thiophene rings is 1. The molecule has 2 heterocycles. The number of hydrogen-bond acceptors (Lipinski definition) is 5. The molecule has 1 aromatic rings. The summed E-state index contributed by atoms with van der Waals surface area (Å²) < 4.78 is 25.9. The monoisotopic (exact) mass is 385 g/mol. The van der Waals surface area contributed by atoms with Crippen molar-refractivity contribution in [3.63, 3.8) is 0 Å². The number of sulfonamides is 1. The van der Waals surface area contributed by atoms with Crippen molar-refractivity contribution in [2.24, 2.45) is 5.92 Å². The number of amides is 2. The first-order valence-corrected chi connectivity index (χ1v) is 10.9. The summed E-state index contributed by atoms with van der Waals surface area (Å²) in [4.78, 5) is 24.6. The Bertz CT molecular complexity index is 706. The van der Waals surface area contributed by atoms with Crippen molar-refractivity contribution in [3.8, 4) is 0 Å². The fourth-order valence-corrected chi connectivity index (χ4v) is 5.44. The van der Waals surface area contributed by atoms with E-state index in [2.05, 4.69) is 10.6 Å². The normalized spacial score (nSPS) is 19.5. The second-order valence-corrected chi connectivity index (χ2v) is 9.80. The zero-order valence-corrected chi connectivity index (χ0v) is 15.6. The van der Waals surface area contributed by atoms with Crippen LogP contribution in [0.15, 0.2) is 17.5 Å². The number of nitrogens with zero attached hydrogens (tertiary/aromatic N) is 1. The van der Waals surface area contributed by atoms with Gasteiger partial charge in [0.1, 0.15) is 0 Å². The molecule has 1 aliphatic carbocycles. The van der Waals surface area contributed by atoms with Gasteiger partial charge in [0.05, 0.1) is 11.8 Å². The summed E-state index contributed by atoms with van der Waals surface area (Å²) in [6.07, 6.45) is 2.98. The molecule has 1 aromatic heterocycles. The third-order valence-corrected chi connectivity index (χ3v) is 7.91. The van der Waals surface area contributed by atoms with Gasteiger partial charge < -0.3 is 10.6 Å². The summed E-state index contributed by atoms with van der Waals surface area (Å²) in [7, 11) is -3.10. The smallest absolute Gasteiger partial charge is 0.309 e. The molecule has 25 heavy (non-hydrogen) atoms. The van der Waals surface area contributed by atoms with Gasteiger partial charge in [0.2, 0.25) is 10.0 Å². The Labute approximate surface area is 151 Å². The average Bonchev–Trinajstić information content (AvgIpc) is 3.36.